The quantitative estimate of drug-likeness (QED) is 0.337. The van der Waals surface area contributed by atoms with Crippen LogP contribution < -0.4 is 16.0 Å². The zero-order valence-electron chi connectivity index (χ0n) is 23.5. The first-order valence-electron chi connectivity index (χ1n) is 13.7. The van der Waals surface area contributed by atoms with Crippen molar-refractivity contribution >= 4 is 28.5 Å². The summed E-state index contributed by atoms with van der Waals surface area (Å²) >= 11 is 0. The summed E-state index contributed by atoms with van der Waals surface area (Å²) in [5.41, 5.74) is -0.761. The highest BCUT2D eigenvalue weighted by Crippen LogP contribution is 2.25. The number of hydrogen-bond donors (Lipinski definition) is 4. The van der Waals surface area contributed by atoms with Crippen molar-refractivity contribution < 1.29 is 19.5 Å². The second kappa shape index (κ2) is 12.8. The van der Waals surface area contributed by atoms with Gasteiger partial charge in [-0.1, -0.05) is 63.2 Å². The van der Waals surface area contributed by atoms with Gasteiger partial charge in [0, 0.05) is 24.9 Å². The van der Waals surface area contributed by atoms with E-state index in [1.807, 2.05) is 42.5 Å². The summed E-state index contributed by atoms with van der Waals surface area (Å²) in [7, 11) is 0. The van der Waals surface area contributed by atoms with Gasteiger partial charge in [-0.05, 0) is 62.5 Å². The van der Waals surface area contributed by atoms with Gasteiger partial charge < -0.3 is 21.1 Å². The average Bonchev–Trinajstić information content (AvgIpc) is 3.39. The Bertz CT molecular complexity index is 1110. The van der Waals surface area contributed by atoms with Gasteiger partial charge in [0.25, 0.3) is 0 Å². The molecule has 2 atom stereocenters. The fourth-order valence-electron chi connectivity index (χ4n) is 4.65. The molecule has 0 aliphatic carbocycles. The van der Waals surface area contributed by atoms with Gasteiger partial charge >= 0.3 is 0 Å². The highest BCUT2D eigenvalue weighted by molar-refractivity contribution is 6.04. The molecule has 1 unspecified atom stereocenters. The van der Waals surface area contributed by atoms with E-state index in [0.29, 0.717) is 39.0 Å². The van der Waals surface area contributed by atoms with Crippen LogP contribution in [0.4, 0.5) is 0 Å². The normalized spacial score (nSPS) is 16.8. The number of nitrogens with zero attached hydrogens (tertiary/aromatic N) is 1. The van der Waals surface area contributed by atoms with Gasteiger partial charge in [0.1, 0.15) is 6.04 Å². The summed E-state index contributed by atoms with van der Waals surface area (Å²) < 4.78 is 0. The lowest BCUT2D eigenvalue weighted by Gasteiger charge is -2.35. The Morgan fingerprint density at radius 1 is 1.05 bits per heavy atom. The lowest BCUT2D eigenvalue weighted by atomic mass is 9.91. The standard InChI is InChI=1S/C30H44N4O4/c1-29(2,3)28(37)34(27(36)24-12-8-16-32-24)25(26(35)33-17-9-15-31-20-30(4,5)38)19-21-13-14-22-10-6-7-11-23(22)18-21/h6-7,10-11,13-14,18,24-25,31-32,38H,8-9,12,15-17,19-20H2,1-5H3,(H,33,35)/t24-,25?/m0/s1. The largest absolute Gasteiger partial charge is 0.389 e. The summed E-state index contributed by atoms with van der Waals surface area (Å²) in [6.45, 7) is 11.0. The molecule has 0 bridgehead atoms. The van der Waals surface area contributed by atoms with Gasteiger partial charge in [-0.15, -0.1) is 0 Å². The van der Waals surface area contributed by atoms with Gasteiger partial charge in [-0.25, -0.2) is 0 Å². The summed E-state index contributed by atoms with van der Waals surface area (Å²) in [5.74, 6) is -1.04. The number of fused-ring (bicyclic) bond motifs is 1. The number of hydrogen-bond acceptors (Lipinski definition) is 6. The maximum Gasteiger partial charge on any atom is 0.247 e. The monoisotopic (exact) mass is 524 g/mol. The third-order valence-electron chi connectivity index (χ3n) is 6.70. The molecule has 2 aromatic rings. The van der Waals surface area contributed by atoms with E-state index in [-0.39, 0.29) is 24.1 Å². The molecule has 3 rings (SSSR count). The second-order valence-electron chi connectivity index (χ2n) is 11.9. The van der Waals surface area contributed by atoms with E-state index in [2.05, 4.69) is 16.0 Å². The maximum atomic E-state index is 13.7. The van der Waals surface area contributed by atoms with Gasteiger partial charge in [0.2, 0.25) is 17.7 Å². The highest BCUT2D eigenvalue weighted by Gasteiger charge is 2.42. The van der Waals surface area contributed by atoms with Crippen molar-refractivity contribution in [3.63, 3.8) is 0 Å². The van der Waals surface area contributed by atoms with Crippen LogP contribution >= 0.6 is 0 Å². The summed E-state index contributed by atoms with van der Waals surface area (Å²) in [5, 5.41) is 21.3. The van der Waals surface area contributed by atoms with E-state index in [4.69, 9.17) is 0 Å². The first-order valence-corrected chi connectivity index (χ1v) is 13.7. The molecule has 208 valence electrons. The van der Waals surface area contributed by atoms with Crippen LogP contribution in [0.5, 0.6) is 0 Å². The van der Waals surface area contributed by atoms with Gasteiger partial charge in [0.15, 0.2) is 0 Å². The third kappa shape index (κ3) is 8.35. The first kappa shape index (κ1) is 29.7. The first-order chi connectivity index (χ1) is 17.9. The van der Waals surface area contributed by atoms with Crippen LogP contribution in [0.2, 0.25) is 0 Å². The van der Waals surface area contributed by atoms with E-state index < -0.39 is 23.1 Å². The summed E-state index contributed by atoms with van der Waals surface area (Å²) in [6.07, 6.45) is 2.38. The Labute approximate surface area is 226 Å². The maximum absolute atomic E-state index is 13.7. The van der Waals surface area contributed by atoms with Crippen molar-refractivity contribution in [3.05, 3.63) is 48.0 Å². The number of rotatable bonds is 11. The van der Waals surface area contributed by atoms with Crippen LogP contribution in [0.1, 0.15) is 59.4 Å². The van der Waals surface area contributed by atoms with E-state index in [1.165, 1.54) is 4.90 Å². The number of nitrogens with one attached hydrogen (secondary N) is 3. The molecular formula is C30H44N4O4. The molecule has 38 heavy (non-hydrogen) atoms. The minimum atomic E-state index is -0.970. The average molecular weight is 525 g/mol. The molecule has 0 saturated carbocycles. The molecule has 8 heteroatoms. The molecule has 8 nitrogen and oxygen atoms in total. The van der Waals surface area contributed by atoms with Gasteiger partial charge in [-0.2, -0.15) is 0 Å². The number of carbonyl (C=O) groups excluding carboxylic acids is 3. The molecule has 0 spiro atoms. The van der Waals surface area contributed by atoms with Crippen molar-refractivity contribution in [2.75, 3.05) is 26.2 Å². The zero-order valence-corrected chi connectivity index (χ0v) is 23.5. The van der Waals surface area contributed by atoms with Crippen LogP contribution in [-0.4, -0.2) is 71.6 Å². The predicted octanol–water partition coefficient (Wildman–Crippen LogP) is 2.77. The molecular weight excluding hydrogens is 480 g/mol. The number of imide groups is 1. The second-order valence-corrected chi connectivity index (χ2v) is 11.9. The van der Waals surface area contributed by atoms with Crippen molar-refractivity contribution in [1.82, 2.24) is 20.9 Å². The van der Waals surface area contributed by atoms with Crippen LogP contribution in [-0.2, 0) is 20.8 Å². The molecule has 1 saturated heterocycles. The Kier molecular flexibility index (Phi) is 10.0. The van der Waals surface area contributed by atoms with Crippen molar-refractivity contribution in [2.45, 2.75) is 78.0 Å². The minimum Gasteiger partial charge on any atom is -0.389 e. The number of benzene rings is 2. The molecule has 0 aromatic heterocycles. The lowest BCUT2D eigenvalue weighted by molar-refractivity contribution is -0.157. The molecule has 1 aliphatic rings. The van der Waals surface area contributed by atoms with E-state index in [0.717, 1.165) is 22.8 Å². The van der Waals surface area contributed by atoms with Crippen molar-refractivity contribution in [1.29, 1.82) is 0 Å². The van der Waals surface area contributed by atoms with Crippen molar-refractivity contribution in [2.24, 2.45) is 5.41 Å². The van der Waals surface area contributed by atoms with E-state index >= 15 is 0 Å². The SMILES string of the molecule is CC(C)(O)CNCCCNC(=O)C(Cc1ccc2ccccc2c1)N(C(=O)[C@@H]1CCCN1)C(=O)C(C)(C)C. The van der Waals surface area contributed by atoms with Gasteiger partial charge in [0.05, 0.1) is 11.6 Å². The summed E-state index contributed by atoms with van der Waals surface area (Å²) in [4.78, 5) is 42.3. The lowest BCUT2D eigenvalue weighted by Crippen LogP contribution is -2.59. The molecule has 4 N–H and O–H groups in total. The van der Waals surface area contributed by atoms with Crippen LogP contribution in [0.3, 0.4) is 0 Å². The number of carbonyl (C=O) groups is 3. The number of aliphatic hydroxyl groups is 1. The van der Waals surface area contributed by atoms with Crippen LogP contribution in [0.15, 0.2) is 42.5 Å². The van der Waals surface area contributed by atoms with Crippen LogP contribution in [0, 0.1) is 5.41 Å². The molecule has 2 aromatic carbocycles. The Morgan fingerprint density at radius 3 is 2.39 bits per heavy atom. The third-order valence-corrected chi connectivity index (χ3v) is 6.70. The molecule has 1 heterocycles. The fourth-order valence-corrected chi connectivity index (χ4v) is 4.65. The Hall–Kier alpha value is -2.81. The highest BCUT2D eigenvalue weighted by atomic mass is 16.3. The van der Waals surface area contributed by atoms with Gasteiger partial charge in [-0.3, -0.25) is 19.3 Å². The van der Waals surface area contributed by atoms with E-state index in [9.17, 15) is 19.5 Å². The topological polar surface area (TPSA) is 111 Å². The Balaban J connectivity index is 1.85. The zero-order chi connectivity index (χ0) is 27.9. The predicted molar refractivity (Wildman–Crippen MR) is 151 cm³/mol. The van der Waals surface area contributed by atoms with E-state index in [1.54, 1.807) is 34.6 Å². The molecule has 0 radical (unpaired) electrons. The molecule has 1 fully saturated rings. The smallest absolute Gasteiger partial charge is 0.247 e. The molecule has 3 amide bonds. The minimum absolute atomic E-state index is 0.230. The van der Waals surface area contributed by atoms with Crippen molar-refractivity contribution in [3.8, 4) is 0 Å². The molecule has 1 aliphatic heterocycles. The van der Waals surface area contributed by atoms with Crippen LogP contribution in [0.25, 0.3) is 10.8 Å². The summed E-state index contributed by atoms with van der Waals surface area (Å²) in [6, 6.07) is 12.5. The number of amides is 3. The Morgan fingerprint density at radius 2 is 1.76 bits per heavy atom. The fraction of sp³-hybridized carbons (Fsp3) is 0.567.